The molecule has 1 nitrogen and oxygen atoms in total. The van der Waals surface area contributed by atoms with Crippen LogP contribution in [-0.2, 0) is 0 Å². The predicted octanol–water partition coefficient (Wildman–Crippen LogP) is 2.61. The molecule has 0 radical (unpaired) electrons. The molecule has 0 aliphatic heterocycles. The zero-order valence-electron chi connectivity index (χ0n) is 8.71. The van der Waals surface area contributed by atoms with Crippen LogP contribution in [-0.4, -0.2) is 36.1 Å². The third kappa shape index (κ3) is 4.61. The molecular formula is C10H21NS2. The first-order chi connectivity index (χ1) is 6.36. The normalized spacial score (nSPS) is 29.1. The van der Waals surface area contributed by atoms with Crippen molar-refractivity contribution < 1.29 is 0 Å². The molecular weight excluding hydrogens is 198 g/mol. The second kappa shape index (κ2) is 7.02. The van der Waals surface area contributed by atoms with Gasteiger partial charge >= 0.3 is 0 Å². The second-order valence-corrected chi connectivity index (χ2v) is 5.79. The van der Waals surface area contributed by atoms with E-state index in [0.717, 1.165) is 11.3 Å². The number of hydrogen-bond donors (Lipinski definition) is 1. The summed E-state index contributed by atoms with van der Waals surface area (Å²) in [5.41, 5.74) is 0. The fourth-order valence-corrected chi connectivity index (χ4v) is 3.06. The van der Waals surface area contributed by atoms with Gasteiger partial charge < -0.3 is 5.32 Å². The van der Waals surface area contributed by atoms with Crippen LogP contribution in [0, 0.1) is 0 Å². The van der Waals surface area contributed by atoms with Gasteiger partial charge in [-0.05, 0) is 31.8 Å². The van der Waals surface area contributed by atoms with Crippen molar-refractivity contribution in [1.29, 1.82) is 0 Å². The maximum Gasteiger partial charge on any atom is 0.00779 e. The number of thioether (sulfide) groups is 2. The molecule has 0 aromatic heterocycles. The van der Waals surface area contributed by atoms with Crippen LogP contribution >= 0.6 is 23.5 Å². The smallest absolute Gasteiger partial charge is 0.00779 e. The predicted molar refractivity (Wildman–Crippen MR) is 65.9 cm³/mol. The molecule has 2 atom stereocenters. The molecule has 1 aliphatic rings. The summed E-state index contributed by atoms with van der Waals surface area (Å²) in [6.07, 6.45) is 10.0. The van der Waals surface area contributed by atoms with Crippen LogP contribution in [0.2, 0.25) is 0 Å². The van der Waals surface area contributed by atoms with Crippen LogP contribution in [0.3, 0.4) is 0 Å². The van der Waals surface area contributed by atoms with Gasteiger partial charge in [0.1, 0.15) is 0 Å². The minimum Gasteiger partial charge on any atom is -0.313 e. The first-order valence-electron chi connectivity index (χ1n) is 5.12. The summed E-state index contributed by atoms with van der Waals surface area (Å²) in [6, 6.07) is 0.804. The highest BCUT2D eigenvalue weighted by Crippen LogP contribution is 2.26. The van der Waals surface area contributed by atoms with Gasteiger partial charge in [-0.25, -0.2) is 0 Å². The molecule has 3 heteroatoms. The van der Waals surface area contributed by atoms with Crippen LogP contribution in [0.5, 0.6) is 0 Å². The maximum absolute atomic E-state index is 3.65. The van der Waals surface area contributed by atoms with E-state index in [0.29, 0.717) is 0 Å². The molecule has 0 amide bonds. The molecule has 78 valence electrons. The van der Waals surface area contributed by atoms with Gasteiger partial charge in [-0.1, -0.05) is 6.42 Å². The lowest BCUT2D eigenvalue weighted by Gasteiger charge is -2.28. The summed E-state index contributed by atoms with van der Waals surface area (Å²) in [5, 5.41) is 4.57. The molecule has 0 spiro atoms. The average Bonchev–Trinajstić information content (AvgIpc) is 2.19. The molecule has 0 aromatic rings. The Morgan fingerprint density at radius 1 is 1.31 bits per heavy atom. The summed E-state index contributed by atoms with van der Waals surface area (Å²) in [7, 11) is 0. The van der Waals surface area contributed by atoms with Crippen molar-refractivity contribution in [2.75, 3.05) is 24.8 Å². The van der Waals surface area contributed by atoms with Crippen molar-refractivity contribution in [2.45, 2.75) is 37.0 Å². The molecule has 1 aliphatic carbocycles. The lowest BCUT2D eigenvalue weighted by molar-refractivity contribution is 0.389. The molecule has 1 rings (SSSR count). The lowest BCUT2D eigenvalue weighted by atomic mass is 9.95. The van der Waals surface area contributed by atoms with E-state index in [1.54, 1.807) is 0 Å². The van der Waals surface area contributed by atoms with Gasteiger partial charge in [0, 0.05) is 23.6 Å². The third-order valence-corrected chi connectivity index (χ3v) is 4.41. The Labute approximate surface area is 90.8 Å². The Kier molecular flexibility index (Phi) is 6.33. The highest BCUT2D eigenvalue weighted by atomic mass is 32.2. The van der Waals surface area contributed by atoms with Gasteiger partial charge in [0.25, 0.3) is 0 Å². The Hall–Kier alpha value is 0.660. The van der Waals surface area contributed by atoms with E-state index < -0.39 is 0 Å². The summed E-state index contributed by atoms with van der Waals surface area (Å²) in [4.78, 5) is 0. The van der Waals surface area contributed by atoms with Crippen LogP contribution in [0.1, 0.15) is 25.7 Å². The number of nitrogens with one attached hydrogen (secondary N) is 1. The van der Waals surface area contributed by atoms with Gasteiger partial charge in [0.05, 0.1) is 0 Å². The Balaban J connectivity index is 2.11. The topological polar surface area (TPSA) is 12.0 Å². The minimum atomic E-state index is 0.804. The van der Waals surface area contributed by atoms with E-state index in [1.807, 2.05) is 23.5 Å². The van der Waals surface area contributed by atoms with Crippen molar-refractivity contribution in [3.63, 3.8) is 0 Å². The van der Waals surface area contributed by atoms with E-state index in [9.17, 15) is 0 Å². The Morgan fingerprint density at radius 2 is 2.15 bits per heavy atom. The van der Waals surface area contributed by atoms with Crippen molar-refractivity contribution >= 4 is 23.5 Å². The van der Waals surface area contributed by atoms with E-state index in [1.165, 1.54) is 38.0 Å². The summed E-state index contributed by atoms with van der Waals surface area (Å²) in [6.45, 7) is 1.19. The first-order valence-corrected chi connectivity index (χ1v) is 7.80. The van der Waals surface area contributed by atoms with Gasteiger partial charge in [0.15, 0.2) is 0 Å². The molecule has 1 N–H and O–H groups in total. The quantitative estimate of drug-likeness (QED) is 0.714. The van der Waals surface area contributed by atoms with Gasteiger partial charge in [-0.3, -0.25) is 0 Å². The summed E-state index contributed by atoms with van der Waals surface area (Å²) >= 11 is 3.97. The van der Waals surface area contributed by atoms with Gasteiger partial charge in [-0.15, -0.1) is 0 Å². The van der Waals surface area contributed by atoms with E-state index in [4.69, 9.17) is 0 Å². The lowest BCUT2D eigenvalue weighted by Crippen LogP contribution is -2.36. The fraction of sp³-hybridized carbons (Fsp3) is 1.00. The molecule has 0 heterocycles. The van der Waals surface area contributed by atoms with Gasteiger partial charge in [-0.2, -0.15) is 23.5 Å². The molecule has 13 heavy (non-hydrogen) atoms. The van der Waals surface area contributed by atoms with Crippen LogP contribution < -0.4 is 5.32 Å². The molecule has 0 bridgehead atoms. The molecule has 0 aromatic carbocycles. The summed E-state index contributed by atoms with van der Waals surface area (Å²) < 4.78 is 0. The standard InChI is InChI=1S/C10H21NS2/c1-12-7-6-11-9-4-3-5-10(8-9)13-2/h9-11H,3-8H2,1-2H3. The van der Waals surface area contributed by atoms with Crippen LogP contribution in [0.4, 0.5) is 0 Å². The Bertz CT molecular complexity index is 130. The molecule has 1 fully saturated rings. The molecule has 2 unspecified atom stereocenters. The second-order valence-electron chi connectivity index (χ2n) is 3.67. The molecule has 1 saturated carbocycles. The van der Waals surface area contributed by atoms with Crippen molar-refractivity contribution in [2.24, 2.45) is 0 Å². The van der Waals surface area contributed by atoms with Crippen molar-refractivity contribution in [1.82, 2.24) is 5.32 Å². The fourth-order valence-electron chi connectivity index (χ4n) is 1.91. The zero-order valence-corrected chi connectivity index (χ0v) is 10.3. The largest absolute Gasteiger partial charge is 0.313 e. The van der Waals surface area contributed by atoms with E-state index in [-0.39, 0.29) is 0 Å². The van der Waals surface area contributed by atoms with Crippen molar-refractivity contribution in [3.05, 3.63) is 0 Å². The third-order valence-electron chi connectivity index (χ3n) is 2.70. The monoisotopic (exact) mass is 219 g/mol. The highest BCUT2D eigenvalue weighted by Gasteiger charge is 2.20. The van der Waals surface area contributed by atoms with Crippen molar-refractivity contribution in [3.8, 4) is 0 Å². The van der Waals surface area contributed by atoms with E-state index in [2.05, 4.69) is 17.8 Å². The minimum absolute atomic E-state index is 0.804. The first kappa shape index (κ1) is 11.7. The Morgan fingerprint density at radius 3 is 2.85 bits per heavy atom. The average molecular weight is 219 g/mol. The maximum atomic E-state index is 3.65. The zero-order chi connectivity index (χ0) is 9.52. The number of rotatable bonds is 5. The summed E-state index contributed by atoms with van der Waals surface area (Å²) in [5.74, 6) is 1.25. The number of hydrogen-bond acceptors (Lipinski definition) is 3. The van der Waals surface area contributed by atoms with E-state index >= 15 is 0 Å². The molecule has 0 saturated heterocycles. The van der Waals surface area contributed by atoms with Crippen LogP contribution in [0.25, 0.3) is 0 Å². The highest BCUT2D eigenvalue weighted by molar-refractivity contribution is 7.99. The SMILES string of the molecule is CSCCNC1CCCC(SC)C1. The van der Waals surface area contributed by atoms with Crippen LogP contribution in [0.15, 0.2) is 0 Å². The van der Waals surface area contributed by atoms with Gasteiger partial charge in [0.2, 0.25) is 0 Å².